The highest BCUT2D eigenvalue weighted by Gasteiger charge is 2.32. The van der Waals surface area contributed by atoms with Crippen LogP contribution in [-0.4, -0.2) is 68.9 Å². The van der Waals surface area contributed by atoms with E-state index >= 15 is 0 Å². The Balaban J connectivity index is 1.31. The Bertz CT molecular complexity index is 992. The standard InChI is InChI=1S/C26H32FN3O4/c1-19(31)28-17-23-18-30(26(32)34-23)22-9-10-24(25(27)16-22)21-7-5-20(6-8-21)4-2-3-11-29-12-14-33-15-13-29/h5-10,16,23H,2-4,11-15,17-18H2,1H3,(H,28,31)/t23-/m0/s1. The zero-order chi connectivity index (χ0) is 23.9. The van der Waals surface area contributed by atoms with E-state index in [-0.39, 0.29) is 19.0 Å². The SMILES string of the molecule is CC(=O)NC[C@H]1CN(c2ccc(-c3ccc(CCCCN4CCOCC4)cc3)c(F)c2)C(=O)O1. The zero-order valence-corrected chi connectivity index (χ0v) is 19.6. The Kier molecular flexibility index (Phi) is 8.13. The molecule has 0 radical (unpaired) electrons. The number of cyclic esters (lactones) is 1. The fourth-order valence-electron chi connectivity index (χ4n) is 4.34. The molecular formula is C26H32FN3O4. The summed E-state index contributed by atoms with van der Waals surface area (Å²) in [7, 11) is 0. The maximum atomic E-state index is 14.9. The van der Waals surface area contributed by atoms with Crippen LogP contribution in [0.1, 0.15) is 25.3 Å². The third-order valence-electron chi connectivity index (χ3n) is 6.28. The van der Waals surface area contributed by atoms with E-state index in [1.165, 1.54) is 23.5 Å². The molecule has 2 amide bonds. The fourth-order valence-corrected chi connectivity index (χ4v) is 4.34. The number of carbonyl (C=O) groups excluding carboxylic acids is 2. The Labute approximate surface area is 199 Å². The molecule has 182 valence electrons. The number of nitrogens with zero attached hydrogens (tertiary/aromatic N) is 2. The molecule has 2 aliphatic rings. The normalized spacial score (nSPS) is 18.7. The Morgan fingerprint density at radius 3 is 2.59 bits per heavy atom. The molecular weight excluding hydrogens is 437 g/mol. The topological polar surface area (TPSA) is 71.1 Å². The summed E-state index contributed by atoms with van der Waals surface area (Å²) in [6, 6.07) is 12.8. The minimum Gasteiger partial charge on any atom is -0.442 e. The molecule has 4 rings (SSSR count). The van der Waals surface area contributed by atoms with Crippen molar-refractivity contribution < 1.29 is 23.5 Å². The number of morpholine rings is 1. The van der Waals surface area contributed by atoms with Gasteiger partial charge in [0.15, 0.2) is 0 Å². The first kappa shape index (κ1) is 24.2. The van der Waals surface area contributed by atoms with Crippen molar-refractivity contribution in [2.24, 2.45) is 0 Å². The molecule has 0 spiro atoms. The van der Waals surface area contributed by atoms with E-state index in [1.807, 2.05) is 12.1 Å². The molecule has 8 heteroatoms. The molecule has 2 aromatic rings. The van der Waals surface area contributed by atoms with Crippen molar-refractivity contribution in [3.8, 4) is 11.1 Å². The van der Waals surface area contributed by atoms with Crippen LogP contribution in [0, 0.1) is 5.82 Å². The minimum absolute atomic E-state index is 0.191. The summed E-state index contributed by atoms with van der Waals surface area (Å²) in [5.74, 6) is -0.585. The molecule has 0 aliphatic carbocycles. The van der Waals surface area contributed by atoms with Gasteiger partial charge in [0.05, 0.1) is 32.0 Å². The number of amides is 2. The summed E-state index contributed by atoms with van der Waals surface area (Å²) in [4.78, 5) is 27.1. The summed E-state index contributed by atoms with van der Waals surface area (Å²) in [6.07, 6.45) is 2.28. The number of halogens is 1. The molecule has 2 heterocycles. The van der Waals surface area contributed by atoms with E-state index in [4.69, 9.17) is 9.47 Å². The average molecular weight is 470 g/mol. The molecule has 2 aliphatic heterocycles. The first-order chi connectivity index (χ1) is 16.5. The van der Waals surface area contributed by atoms with Crippen LogP contribution in [0.3, 0.4) is 0 Å². The highest BCUT2D eigenvalue weighted by atomic mass is 19.1. The molecule has 2 aromatic carbocycles. The monoisotopic (exact) mass is 469 g/mol. The quantitative estimate of drug-likeness (QED) is 0.568. The minimum atomic E-state index is -0.541. The van der Waals surface area contributed by atoms with Crippen LogP contribution in [0.15, 0.2) is 42.5 Å². The third kappa shape index (κ3) is 6.33. The largest absolute Gasteiger partial charge is 0.442 e. The average Bonchev–Trinajstić information content (AvgIpc) is 3.22. The smallest absolute Gasteiger partial charge is 0.414 e. The maximum Gasteiger partial charge on any atom is 0.414 e. The van der Waals surface area contributed by atoms with Crippen molar-refractivity contribution in [2.45, 2.75) is 32.3 Å². The second kappa shape index (κ2) is 11.4. The molecule has 0 unspecified atom stereocenters. The van der Waals surface area contributed by atoms with Gasteiger partial charge in [-0.1, -0.05) is 24.3 Å². The second-order valence-corrected chi connectivity index (χ2v) is 8.83. The van der Waals surface area contributed by atoms with Crippen molar-refractivity contribution in [3.05, 3.63) is 53.8 Å². The number of anilines is 1. The molecule has 1 atom stereocenters. The first-order valence-corrected chi connectivity index (χ1v) is 11.9. The summed E-state index contributed by atoms with van der Waals surface area (Å²) in [5, 5.41) is 2.63. The van der Waals surface area contributed by atoms with Crippen LogP contribution in [-0.2, 0) is 20.7 Å². The van der Waals surface area contributed by atoms with Gasteiger partial charge in [-0.3, -0.25) is 14.6 Å². The van der Waals surface area contributed by atoms with E-state index in [0.717, 1.165) is 57.7 Å². The van der Waals surface area contributed by atoms with E-state index in [2.05, 4.69) is 22.3 Å². The highest BCUT2D eigenvalue weighted by Crippen LogP contribution is 2.29. The number of nitrogens with one attached hydrogen (secondary N) is 1. The molecule has 34 heavy (non-hydrogen) atoms. The van der Waals surface area contributed by atoms with Crippen molar-refractivity contribution in [3.63, 3.8) is 0 Å². The summed E-state index contributed by atoms with van der Waals surface area (Å²) >= 11 is 0. The number of benzene rings is 2. The second-order valence-electron chi connectivity index (χ2n) is 8.83. The molecule has 7 nitrogen and oxygen atoms in total. The number of rotatable bonds is 9. The van der Waals surface area contributed by atoms with Crippen LogP contribution >= 0.6 is 0 Å². The Morgan fingerprint density at radius 2 is 1.88 bits per heavy atom. The number of carbonyl (C=O) groups is 2. The summed E-state index contributed by atoms with van der Waals surface area (Å²) < 4.78 is 25.6. The van der Waals surface area contributed by atoms with Crippen LogP contribution < -0.4 is 10.2 Å². The predicted octanol–water partition coefficient (Wildman–Crippen LogP) is 3.61. The van der Waals surface area contributed by atoms with Gasteiger partial charge in [-0.2, -0.15) is 0 Å². The van der Waals surface area contributed by atoms with Gasteiger partial charge in [-0.15, -0.1) is 0 Å². The zero-order valence-electron chi connectivity index (χ0n) is 19.6. The fraction of sp³-hybridized carbons (Fsp3) is 0.462. The van der Waals surface area contributed by atoms with Gasteiger partial charge in [-0.25, -0.2) is 9.18 Å². The van der Waals surface area contributed by atoms with Crippen LogP contribution in [0.25, 0.3) is 11.1 Å². The van der Waals surface area contributed by atoms with Gasteiger partial charge >= 0.3 is 6.09 Å². The van der Waals surface area contributed by atoms with Gasteiger partial charge in [0, 0.05) is 25.6 Å². The Hall–Kier alpha value is -2.97. The van der Waals surface area contributed by atoms with Crippen molar-refractivity contribution in [1.82, 2.24) is 10.2 Å². The van der Waals surface area contributed by atoms with E-state index < -0.39 is 18.0 Å². The molecule has 0 aromatic heterocycles. The van der Waals surface area contributed by atoms with Gasteiger partial charge in [0.25, 0.3) is 0 Å². The van der Waals surface area contributed by atoms with Crippen molar-refractivity contribution >= 4 is 17.7 Å². The Morgan fingerprint density at radius 1 is 1.12 bits per heavy atom. The van der Waals surface area contributed by atoms with Gasteiger partial charge in [-0.05, 0) is 55.1 Å². The number of ether oxygens (including phenoxy) is 2. The highest BCUT2D eigenvalue weighted by molar-refractivity contribution is 5.90. The third-order valence-corrected chi connectivity index (χ3v) is 6.28. The van der Waals surface area contributed by atoms with Crippen LogP contribution in [0.5, 0.6) is 0 Å². The lowest BCUT2D eigenvalue weighted by atomic mass is 10.0. The number of hydrogen-bond donors (Lipinski definition) is 1. The maximum absolute atomic E-state index is 14.9. The molecule has 0 saturated carbocycles. The van der Waals surface area contributed by atoms with Gasteiger partial charge in [0.2, 0.25) is 5.91 Å². The molecule has 0 bridgehead atoms. The van der Waals surface area contributed by atoms with E-state index in [0.29, 0.717) is 11.3 Å². The van der Waals surface area contributed by atoms with Crippen LogP contribution in [0.2, 0.25) is 0 Å². The molecule has 2 fully saturated rings. The lowest BCUT2D eigenvalue weighted by Crippen LogP contribution is -2.36. The lowest BCUT2D eigenvalue weighted by Gasteiger charge is -2.26. The summed E-state index contributed by atoms with van der Waals surface area (Å²) in [5.41, 5.74) is 2.97. The molecule has 1 N–H and O–H groups in total. The number of unbranched alkanes of at least 4 members (excludes halogenated alkanes) is 1. The predicted molar refractivity (Wildman–Crippen MR) is 128 cm³/mol. The van der Waals surface area contributed by atoms with Gasteiger partial charge in [0.1, 0.15) is 11.9 Å². The van der Waals surface area contributed by atoms with Crippen molar-refractivity contribution in [1.29, 1.82) is 0 Å². The number of hydrogen-bond acceptors (Lipinski definition) is 5. The number of aryl methyl sites for hydroxylation is 1. The first-order valence-electron chi connectivity index (χ1n) is 11.9. The van der Waals surface area contributed by atoms with E-state index in [1.54, 1.807) is 12.1 Å². The van der Waals surface area contributed by atoms with E-state index in [9.17, 15) is 14.0 Å². The van der Waals surface area contributed by atoms with Gasteiger partial charge < -0.3 is 14.8 Å². The van der Waals surface area contributed by atoms with Crippen LogP contribution in [0.4, 0.5) is 14.9 Å². The summed E-state index contributed by atoms with van der Waals surface area (Å²) in [6.45, 7) is 6.72. The lowest BCUT2D eigenvalue weighted by molar-refractivity contribution is -0.119. The van der Waals surface area contributed by atoms with Crippen molar-refractivity contribution in [2.75, 3.05) is 50.8 Å². The molecule has 2 saturated heterocycles.